The molecule has 146 valence electrons. The number of aryl methyl sites for hydroxylation is 1. The van der Waals surface area contributed by atoms with E-state index in [0.29, 0.717) is 18.3 Å². The summed E-state index contributed by atoms with van der Waals surface area (Å²) >= 11 is 0. The van der Waals surface area contributed by atoms with Crippen LogP contribution in [0.5, 0.6) is 5.75 Å². The normalized spacial score (nSPS) is 16.0. The third-order valence-electron chi connectivity index (χ3n) is 4.88. The SMILES string of the molecule is Cc1cc(C(F)(F)F)cc(O)c1-c1cnc(C=NCC2(C#N)CCC2)c(N)n1. The van der Waals surface area contributed by atoms with E-state index in [1.807, 2.05) is 0 Å². The molecule has 1 aliphatic carbocycles. The number of rotatable bonds is 4. The van der Waals surface area contributed by atoms with Gasteiger partial charge in [0.1, 0.15) is 11.4 Å². The lowest BCUT2D eigenvalue weighted by atomic mass is 9.70. The molecule has 6 nitrogen and oxygen atoms in total. The number of hydrogen-bond donors (Lipinski definition) is 2. The third kappa shape index (κ3) is 3.76. The Morgan fingerprint density at radius 3 is 2.61 bits per heavy atom. The molecule has 2 aromatic rings. The van der Waals surface area contributed by atoms with Crippen LogP contribution in [-0.2, 0) is 6.18 Å². The van der Waals surface area contributed by atoms with Crippen molar-refractivity contribution in [1.29, 1.82) is 5.26 Å². The molecule has 28 heavy (non-hydrogen) atoms. The Morgan fingerprint density at radius 2 is 2.11 bits per heavy atom. The zero-order valence-corrected chi connectivity index (χ0v) is 15.1. The number of anilines is 1. The number of nitriles is 1. The molecule has 1 aromatic carbocycles. The van der Waals surface area contributed by atoms with Crippen molar-refractivity contribution in [2.75, 3.05) is 12.3 Å². The molecule has 0 atom stereocenters. The molecule has 0 saturated heterocycles. The van der Waals surface area contributed by atoms with Gasteiger partial charge in [-0.3, -0.25) is 4.99 Å². The number of nitrogens with zero attached hydrogens (tertiary/aromatic N) is 4. The van der Waals surface area contributed by atoms with Crippen LogP contribution in [0.2, 0.25) is 0 Å². The number of alkyl halides is 3. The van der Waals surface area contributed by atoms with Crippen molar-refractivity contribution >= 4 is 12.0 Å². The van der Waals surface area contributed by atoms with Gasteiger partial charge in [-0.05, 0) is 37.5 Å². The van der Waals surface area contributed by atoms with Crippen LogP contribution in [0.15, 0.2) is 23.3 Å². The molecule has 1 aliphatic rings. The Morgan fingerprint density at radius 1 is 1.39 bits per heavy atom. The maximum atomic E-state index is 12.9. The Bertz CT molecular complexity index is 952. The zero-order valence-electron chi connectivity index (χ0n) is 15.1. The molecule has 0 aliphatic heterocycles. The van der Waals surface area contributed by atoms with Crippen LogP contribution in [0.4, 0.5) is 19.0 Å². The summed E-state index contributed by atoms with van der Waals surface area (Å²) in [5.41, 5.74) is 5.32. The van der Waals surface area contributed by atoms with Crippen LogP contribution in [0.25, 0.3) is 11.3 Å². The van der Waals surface area contributed by atoms with E-state index in [2.05, 4.69) is 21.0 Å². The maximum Gasteiger partial charge on any atom is 0.416 e. The summed E-state index contributed by atoms with van der Waals surface area (Å²) in [5, 5.41) is 19.3. The first kappa shape index (κ1) is 19.6. The summed E-state index contributed by atoms with van der Waals surface area (Å²) in [4.78, 5) is 12.5. The number of nitrogen functional groups attached to an aromatic ring is 1. The number of halogens is 3. The molecular weight excluding hydrogens is 371 g/mol. The van der Waals surface area contributed by atoms with Crippen LogP contribution in [0.3, 0.4) is 0 Å². The minimum absolute atomic E-state index is 0.0274. The monoisotopic (exact) mass is 389 g/mol. The van der Waals surface area contributed by atoms with E-state index >= 15 is 0 Å². The van der Waals surface area contributed by atoms with Gasteiger partial charge in [0.05, 0.1) is 41.7 Å². The van der Waals surface area contributed by atoms with Crippen LogP contribution in [0, 0.1) is 23.7 Å². The Balaban J connectivity index is 1.86. The number of aromatic hydroxyl groups is 1. The van der Waals surface area contributed by atoms with E-state index in [4.69, 9.17) is 5.73 Å². The largest absolute Gasteiger partial charge is 0.507 e. The molecular formula is C19H18F3N5O. The molecule has 1 fully saturated rings. The summed E-state index contributed by atoms with van der Waals surface area (Å²) in [6.07, 6.45) is 0.822. The van der Waals surface area contributed by atoms with Gasteiger partial charge in [-0.15, -0.1) is 0 Å². The van der Waals surface area contributed by atoms with Gasteiger partial charge in [-0.2, -0.15) is 18.4 Å². The number of nitrogens with two attached hydrogens (primary N) is 1. The molecule has 3 rings (SSSR count). The predicted molar refractivity (Wildman–Crippen MR) is 97.6 cm³/mol. The maximum absolute atomic E-state index is 12.9. The fraction of sp³-hybridized carbons (Fsp3) is 0.368. The quantitative estimate of drug-likeness (QED) is 0.772. The minimum atomic E-state index is -4.56. The summed E-state index contributed by atoms with van der Waals surface area (Å²) in [6.45, 7) is 1.79. The molecule has 1 aromatic heterocycles. The van der Waals surface area contributed by atoms with Crippen molar-refractivity contribution in [3.05, 3.63) is 35.2 Å². The molecule has 0 unspecified atom stereocenters. The first-order chi connectivity index (χ1) is 13.1. The Hall–Kier alpha value is -3.15. The van der Waals surface area contributed by atoms with Crippen LogP contribution >= 0.6 is 0 Å². The third-order valence-corrected chi connectivity index (χ3v) is 4.88. The molecule has 0 bridgehead atoms. The lowest BCUT2D eigenvalue weighted by molar-refractivity contribution is -0.137. The Labute approximate surface area is 159 Å². The smallest absolute Gasteiger partial charge is 0.416 e. The van der Waals surface area contributed by atoms with Gasteiger partial charge in [-0.25, -0.2) is 9.97 Å². The van der Waals surface area contributed by atoms with Crippen molar-refractivity contribution in [3.8, 4) is 23.1 Å². The van der Waals surface area contributed by atoms with Gasteiger partial charge in [0.2, 0.25) is 0 Å². The Kier molecular flexibility index (Phi) is 4.98. The second kappa shape index (κ2) is 7.11. The fourth-order valence-electron chi connectivity index (χ4n) is 3.11. The molecule has 1 heterocycles. The first-order valence-corrected chi connectivity index (χ1v) is 8.60. The fourth-order valence-corrected chi connectivity index (χ4v) is 3.11. The van der Waals surface area contributed by atoms with Crippen molar-refractivity contribution in [3.63, 3.8) is 0 Å². The number of aromatic nitrogens is 2. The van der Waals surface area contributed by atoms with Gasteiger partial charge >= 0.3 is 6.18 Å². The van der Waals surface area contributed by atoms with Gasteiger partial charge < -0.3 is 10.8 Å². The highest BCUT2D eigenvalue weighted by Crippen LogP contribution is 2.40. The highest BCUT2D eigenvalue weighted by Gasteiger charge is 2.36. The predicted octanol–water partition coefficient (Wildman–Crippen LogP) is 3.87. The van der Waals surface area contributed by atoms with Crippen LogP contribution < -0.4 is 5.73 Å². The van der Waals surface area contributed by atoms with E-state index in [1.165, 1.54) is 19.3 Å². The van der Waals surface area contributed by atoms with E-state index in [1.54, 1.807) is 0 Å². The molecule has 0 spiro atoms. The summed E-state index contributed by atoms with van der Waals surface area (Å²) in [5.74, 6) is -0.525. The molecule has 9 heteroatoms. The first-order valence-electron chi connectivity index (χ1n) is 8.60. The minimum Gasteiger partial charge on any atom is -0.507 e. The number of phenols is 1. The highest BCUT2D eigenvalue weighted by molar-refractivity contribution is 5.84. The second-order valence-corrected chi connectivity index (χ2v) is 6.93. The standard InChI is InChI=1S/C19H18F3N5O/c1-11-5-12(19(20,21)22)6-15(28)16(11)13-8-26-14(17(24)27-13)7-25-10-18(9-23)3-2-4-18/h5-8,28H,2-4,10H2,1H3,(H2,24,27). The average Bonchev–Trinajstić information content (AvgIpc) is 2.57. The lowest BCUT2D eigenvalue weighted by Gasteiger charge is -2.33. The summed E-state index contributed by atoms with van der Waals surface area (Å²) in [6, 6.07) is 3.87. The van der Waals surface area contributed by atoms with E-state index < -0.39 is 22.9 Å². The molecule has 1 saturated carbocycles. The van der Waals surface area contributed by atoms with Crippen molar-refractivity contribution in [2.24, 2.45) is 10.4 Å². The van der Waals surface area contributed by atoms with E-state index in [9.17, 15) is 23.5 Å². The topological polar surface area (TPSA) is 108 Å². The molecule has 0 amide bonds. The lowest BCUT2D eigenvalue weighted by Crippen LogP contribution is -2.30. The summed E-state index contributed by atoms with van der Waals surface area (Å²) < 4.78 is 38.6. The number of phenolic OH excluding ortho intramolecular Hbond substituents is 1. The molecule has 0 radical (unpaired) electrons. The highest BCUT2D eigenvalue weighted by atomic mass is 19.4. The van der Waals surface area contributed by atoms with Crippen LogP contribution in [-0.4, -0.2) is 27.8 Å². The average molecular weight is 389 g/mol. The molecule has 3 N–H and O–H groups in total. The van der Waals surface area contributed by atoms with Crippen molar-refractivity contribution in [2.45, 2.75) is 32.4 Å². The second-order valence-electron chi connectivity index (χ2n) is 6.93. The zero-order chi connectivity index (χ0) is 20.5. The van der Waals surface area contributed by atoms with Gasteiger partial charge in [0, 0.05) is 5.56 Å². The van der Waals surface area contributed by atoms with Gasteiger partial charge in [-0.1, -0.05) is 6.42 Å². The van der Waals surface area contributed by atoms with Crippen LogP contribution in [0.1, 0.15) is 36.1 Å². The van der Waals surface area contributed by atoms with E-state index in [-0.39, 0.29) is 22.6 Å². The number of benzene rings is 1. The van der Waals surface area contributed by atoms with E-state index in [0.717, 1.165) is 25.3 Å². The van der Waals surface area contributed by atoms with Gasteiger partial charge in [0.15, 0.2) is 5.82 Å². The van der Waals surface area contributed by atoms with Crippen molar-refractivity contribution in [1.82, 2.24) is 9.97 Å². The van der Waals surface area contributed by atoms with Crippen molar-refractivity contribution < 1.29 is 18.3 Å². The number of hydrogen-bond acceptors (Lipinski definition) is 6. The summed E-state index contributed by atoms with van der Waals surface area (Å²) in [7, 11) is 0. The van der Waals surface area contributed by atoms with Gasteiger partial charge in [0.25, 0.3) is 0 Å². The number of aliphatic imine (C=N–C) groups is 1.